The van der Waals surface area contributed by atoms with Crippen molar-refractivity contribution < 1.29 is 49.7 Å². The van der Waals surface area contributed by atoms with Crippen LogP contribution in [-0.2, 0) is 22.3 Å². The van der Waals surface area contributed by atoms with Crippen molar-refractivity contribution in [3.63, 3.8) is 0 Å². The van der Waals surface area contributed by atoms with Crippen LogP contribution in [0.4, 0.5) is 0 Å². The van der Waals surface area contributed by atoms with Crippen LogP contribution in [0.3, 0.4) is 0 Å². The maximum atomic E-state index is 12.9. The number of benzene rings is 4. The van der Waals surface area contributed by atoms with Gasteiger partial charge in [-0.3, -0.25) is 0 Å². The van der Waals surface area contributed by atoms with Crippen molar-refractivity contribution in [1.29, 1.82) is 0 Å². The molecule has 10 heteroatoms. The van der Waals surface area contributed by atoms with Crippen molar-refractivity contribution in [1.82, 2.24) is 0 Å². The van der Waals surface area contributed by atoms with E-state index in [0.717, 1.165) is 25.0 Å². The lowest BCUT2D eigenvalue weighted by Crippen LogP contribution is -2.27. The third-order valence-corrected chi connectivity index (χ3v) is 8.20. The smallest absolute Gasteiger partial charge is 0.342 e. The quantitative estimate of drug-likeness (QED) is 0.163. The molecule has 0 radical (unpaired) electrons. The van der Waals surface area contributed by atoms with Gasteiger partial charge in [0.15, 0.2) is 0 Å². The topological polar surface area (TPSA) is 174 Å². The van der Waals surface area contributed by atoms with Gasteiger partial charge in [-0.1, -0.05) is 26.7 Å². The molecule has 2 heterocycles. The molecular formula is C32H30O10. The molecule has 2 atom stereocenters. The van der Waals surface area contributed by atoms with Crippen molar-refractivity contribution in [2.75, 3.05) is 0 Å². The Morgan fingerprint density at radius 3 is 1.33 bits per heavy atom. The molecule has 2 aliphatic rings. The van der Waals surface area contributed by atoms with Crippen LogP contribution in [0.25, 0.3) is 32.7 Å². The van der Waals surface area contributed by atoms with Gasteiger partial charge in [0.1, 0.15) is 57.8 Å². The molecule has 0 spiro atoms. The molecule has 0 saturated carbocycles. The largest absolute Gasteiger partial charge is 0.507 e. The first kappa shape index (κ1) is 27.3. The number of hydrogen-bond acceptors (Lipinski definition) is 10. The Bertz CT molecular complexity index is 1690. The maximum Gasteiger partial charge on any atom is 0.342 e. The second kappa shape index (κ2) is 9.90. The Hall–Kier alpha value is -4.86. The van der Waals surface area contributed by atoms with Gasteiger partial charge in [0, 0.05) is 46.9 Å². The zero-order chi connectivity index (χ0) is 30.0. The third kappa shape index (κ3) is 4.00. The number of carbonyl (C=O) groups excluding carboxylic acids is 2. The number of carbonyl (C=O) groups is 2. The third-order valence-electron chi connectivity index (χ3n) is 8.20. The van der Waals surface area contributed by atoms with Gasteiger partial charge < -0.3 is 40.1 Å². The van der Waals surface area contributed by atoms with Gasteiger partial charge in [-0.15, -0.1) is 0 Å². The van der Waals surface area contributed by atoms with E-state index in [9.17, 15) is 40.2 Å². The van der Waals surface area contributed by atoms with Crippen molar-refractivity contribution in [2.45, 2.75) is 64.6 Å². The fourth-order valence-electron chi connectivity index (χ4n) is 6.45. The summed E-state index contributed by atoms with van der Waals surface area (Å²) in [6.07, 6.45) is 2.42. The first-order valence-corrected chi connectivity index (χ1v) is 13.9. The van der Waals surface area contributed by atoms with Crippen LogP contribution >= 0.6 is 0 Å². The first-order valence-electron chi connectivity index (χ1n) is 13.9. The van der Waals surface area contributed by atoms with E-state index in [-0.39, 0.29) is 56.6 Å². The van der Waals surface area contributed by atoms with E-state index in [4.69, 9.17) is 9.47 Å². The molecule has 4 aromatic rings. The van der Waals surface area contributed by atoms with E-state index in [0.29, 0.717) is 24.0 Å². The number of rotatable bonds is 5. The van der Waals surface area contributed by atoms with Gasteiger partial charge in [-0.05, 0) is 36.1 Å². The Morgan fingerprint density at radius 2 is 0.976 bits per heavy atom. The minimum Gasteiger partial charge on any atom is -0.507 e. The Morgan fingerprint density at radius 1 is 0.595 bits per heavy atom. The van der Waals surface area contributed by atoms with Gasteiger partial charge in [0.05, 0.1) is 10.8 Å². The second-order valence-electron chi connectivity index (χ2n) is 11.0. The number of cyclic esters (lactones) is 2. The van der Waals surface area contributed by atoms with Crippen LogP contribution in [0.15, 0.2) is 24.3 Å². The highest BCUT2D eigenvalue weighted by Gasteiger charge is 2.35. The first-order chi connectivity index (χ1) is 20.0. The van der Waals surface area contributed by atoms with Gasteiger partial charge in [-0.2, -0.15) is 0 Å². The van der Waals surface area contributed by atoms with Crippen LogP contribution < -0.4 is 0 Å². The number of ether oxygens (including phenoxy) is 2. The summed E-state index contributed by atoms with van der Waals surface area (Å²) in [7, 11) is 0. The van der Waals surface area contributed by atoms with E-state index in [1.807, 2.05) is 13.8 Å². The number of aromatic hydroxyl groups is 6. The summed E-state index contributed by atoms with van der Waals surface area (Å²) < 4.78 is 11.0. The van der Waals surface area contributed by atoms with Gasteiger partial charge in [0.25, 0.3) is 0 Å². The lowest BCUT2D eigenvalue weighted by Gasteiger charge is -2.27. The van der Waals surface area contributed by atoms with Crippen molar-refractivity contribution >= 4 is 33.5 Å². The standard InChI is InChI=1S/C32H30O10/c1-3-5-15-7-13-9-17-25(19(33)11-21(35)27(17)29(37)23(13)31(39)41-15)26-18-10-14-8-16(6-4-2)42-32(40)24(14)30(38)28(18)22(36)12-20(26)34/h9-12,15-16,33-38H,3-8H2,1-2H3/t15-,16-/m0/s1. The minimum atomic E-state index is -0.730. The Kier molecular flexibility index (Phi) is 6.44. The normalized spacial score (nSPS) is 18.0. The minimum absolute atomic E-state index is 0.0165. The van der Waals surface area contributed by atoms with Gasteiger partial charge in [-0.25, -0.2) is 9.59 Å². The monoisotopic (exact) mass is 574 g/mol. The molecule has 42 heavy (non-hydrogen) atoms. The van der Waals surface area contributed by atoms with E-state index >= 15 is 0 Å². The summed E-state index contributed by atoms with van der Waals surface area (Å²) >= 11 is 0. The van der Waals surface area contributed by atoms with E-state index < -0.39 is 58.6 Å². The molecule has 0 unspecified atom stereocenters. The molecule has 6 rings (SSSR count). The fourth-order valence-corrected chi connectivity index (χ4v) is 6.45. The lowest BCUT2D eigenvalue weighted by molar-refractivity contribution is 0.0222. The fraction of sp³-hybridized carbons (Fsp3) is 0.312. The van der Waals surface area contributed by atoms with E-state index in [2.05, 4.69) is 0 Å². The highest BCUT2D eigenvalue weighted by molar-refractivity contribution is 6.18. The van der Waals surface area contributed by atoms with Gasteiger partial charge in [0.2, 0.25) is 0 Å². The number of phenolic OH excluding ortho intramolecular Hbond substituents is 6. The number of hydrogen-bond donors (Lipinski definition) is 6. The summed E-state index contributed by atoms with van der Waals surface area (Å²) in [5.41, 5.74) is 0.666. The Balaban J connectivity index is 1.69. The molecule has 6 N–H and O–H groups in total. The van der Waals surface area contributed by atoms with Crippen LogP contribution in [0.2, 0.25) is 0 Å². The SMILES string of the molecule is CCC[C@H]1Cc2cc3c(-c4c(O)cc(O)c5c(O)c6c(cc45)C[C@H](CCC)OC6=O)c(O)cc(O)c3c(O)c2C(=O)O1. The molecule has 0 aliphatic carbocycles. The zero-order valence-corrected chi connectivity index (χ0v) is 23.0. The maximum absolute atomic E-state index is 12.9. The lowest BCUT2D eigenvalue weighted by atomic mass is 9.85. The summed E-state index contributed by atoms with van der Waals surface area (Å²) in [6.45, 7) is 3.90. The van der Waals surface area contributed by atoms with Crippen LogP contribution in [0.5, 0.6) is 34.5 Å². The molecular weight excluding hydrogens is 544 g/mol. The molecule has 10 nitrogen and oxygen atoms in total. The van der Waals surface area contributed by atoms with Gasteiger partial charge >= 0.3 is 11.9 Å². The summed E-state index contributed by atoms with van der Waals surface area (Å²) in [4.78, 5) is 25.7. The number of esters is 2. The molecule has 0 fully saturated rings. The highest BCUT2D eigenvalue weighted by atomic mass is 16.5. The molecule has 4 aromatic carbocycles. The molecule has 0 aromatic heterocycles. The average molecular weight is 575 g/mol. The van der Waals surface area contributed by atoms with Crippen LogP contribution in [0, 0.1) is 0 Å². The van der Waals surface area contributed by atoms with Crippen LogP contribution in [-0.4, -0.2) is 54.8 Å². The number of phenols is 6. The van der Waals surface area contributed by atoms with Crippen molar-refractivity contribution in [2.24, 2.45) is 0 Å². The molecule has 218 valence electrons. The van der Waals surface area contributed by atoms with Crippen molar-refractivity contribution in [3.05, 3.63) is 46.5 Å². The summed E-state index contributed by atoms with van der Waals surface area (Å²) in [6, 6.07) is 5.08. The average Bonchev–Trinajstić information content (AvgIpc) is 2.89. The Labute approximate surface area is 240 Å². The summed E-state index contributed by atoms with van der Waals surface area (Å²) in [5.74, 6) is -4.48. The highest BCUT2D eigenvalue weighted by Crippen LogP contribution is 2.54. The predicted octanol–water partition coefficient (Wildman–Crippen LogP) is 5.66. The number of fused-ring (bicyclic) bond motifs is 4. The molecule has 0 saturated heterocycles. The predicted molar refractivity (Wildman–Crippen MR) is 153 cm³/mol. The second-order valence-corrected chi connectivity index (χ2v) is 11.0. The van der Waals surface area contributed by atoms with Crippen LogP contribution in [0.1, 0.15) is 71.4 Å². The van der Waals surface area contributed by atoms with Crippen molar-refractivity contribution in [3.8, 4) is 45.6 Å². The molecule has 2 aliphatic heterocycles. The molecule has 0 bridgehead atoms. The van der Waals surface area contributed by atoms with E-state index in [1.165, 1.54) is 0 Å². The summed E-state index contributed by atoms with van der Waals surface area (Å²) in [5, 5.41) is 66.4. The van der Waals surface area contributed by atoms with E-state index in [1.54, 1.807) is 12.1 Å². The molecule has 0 amide bonds. The zero-order valence-electron chi connectivity index (χ0n) is 23.0.